The third kappa shape index (κ3) is 5.07. The van der Waals surface area contributed by atoms with Gasteiger partial charge in [0.15, 0.2) is 0 Å². The minimum atomic E-state index is -0.107. The zero-order valence-electron chi connectivity index (χ0n) is 14.3. The standard InChI is InChI=1S/C21H24O4/c22-14-17-7-4-8-20(13-17)25-19-11-9-18(10-12-19)21(23)24-15-16-5-2-1-3-6-16/h1-8,13,18-19,22H,9-12,14-15H2. The van der Waals surface area contributed by atoms with Crippen molar-refractivity contribution in [2.75, 3.05) is 0 Å². The number of hydrogen-bond donors (Lipinski definition) is 1. The predicted molar refractivity (Wildman–Crippen MR) is 95.0 cm³/mol. The molecule has 4 heteroatoms. The van der Waals surface area contributed by atoms with E-state index in [0.717, 1.165) is 42.6 Å². The Morgan fingerprint density at radius 2 is 1.68 bits per heavy atom. The summed E-state index contributed by atoms with van der Waals surface area (Å²) in [6.07, 6.45) is 3.38. The van der Waals surface area contributed by atoms with Gasteiger partial charge in [0, 0.05) is 0 Å². The Labute approximate surface area is 148 Å². The Hall–Kier alpha value is -2.33. The quantitative estimate of drug-likeness (QED) is 0.811. The number of benzene rings is 2. The molecule has 2 aromatic carbocycles. The lowest BCUT2D eigenvalue weighted by Crippen LogP contribution is -2.29. The second-order valence-electron chi connectivity index (χ2n) is 6.49. The Morgan fingerprint density at radius 3 is 2.40 bits per heavy atom. The summed E-state index contributed by atoms with van der Waals surface area (Å²) in [6.45, 7) is 0.348. The summed E-state index contributed by atoms with van der Waals surface area (Å²) in [5, 5.41) is 9.19. The number of aliphatic hydroxyl groups is 1. The van der Waals surface area contributed by atoms with Crippen LogP contribution in [-0.2, 0) is 22.7 Å². The predicted octanol–water partition coefficient (Wildman–Crippen LogP) is 3.86. The van der Waals surface area contributed by atoms with Crippen molar-refractivity contribution in [3.05, 3.63) is 65.7 Å². The van der Waals surface area contributed by atoms with Gasteiger partial charge in [-0.2, -0.15) is 0 Å². The Morgan fingerprint density at radius 1 is 0.960 bits per heavy atom. The number of aliphatic hydroxyl groups excluding tert-OH is 1. The van der Waals surface area contributed by atoms with Crippen LogP contribution in [0.4, 0.5) is 0 Å². The van der Waals surface area contributed by atoms with Crippen molar-refractivity contribution >= 4 is 5.97 Å². The molecular weight excluding hydrogens is 316 g/mol. The van der Waals surface area contributed by atoms with Gasteiger partial charge >= 0.3 is 5.97 Å². The molecule has 132 valence electrons. The summed E-state index contributed by atoms with van der Waals surface area (Å²) >= 11 is 0. The van der Waals surface area contributed by atoms with E-state index in [1.54, 1.807) is 0 Å². The summed E-state index contributed by atoms with van der Waals surface area (Å²) in [5.74, 6) is 0.638. The van der Waals surface area contributed by atoms with E-state index in [4.69, 9.17) is 9.47 Å². The van der Waals surface area contributed by atoms with Gasteiger partial charge in [-0.15, -0.1) is 0 Å². The lowest BCUT2D eigenvalue weighted by atomic mass is 9.87. The van der Waals surface area contributed by atoms with Gasteiger partial charge in [0.05, 0.1) is 18.6 Å². The molecule has 3 rings (SSSR count). The molecule has 0 aromatic heterocycles. The molecule has 0 radical (unpaired) electrons. The number of carbonyl (C=O) groups excluding carboxylic acids is 1. The van der Waals surface area contributed by atoms with Gasteiger partial charge in [-0.25, -0.2) is 0 Å². The van der Waals surface area contributed by atoms with Crippen LogP contribution in [-0.4, -0.2) is 17.2 Å². The first-order valence-corrected chi connectivity index (χ1v) is 8.81. The van der Waals surface area contributed by atoms with Crippen LogP contribution in [0.5, 0.6) is 5.75 Å². The van der Waals surface area contributed by atoms with Gasteiger partial charge in [-0.3, -0.25) is 4.79 Å². The van der Waals surface area contributed by atoms with Gasteiger partial charge in [-0.1, -0.05) is 42.5 Å². The topological polar surface area (TPSA) is 55.8 Å². The number of esters is 1. The second-order valence-corrected chi connectivity index (χ2v) is 6.49. The zero-order valence-corrected chi connectivity index (χ0v) is 14.3. The summed E-state index contributed by atoms with van der Waals surface area (Å²) in [6, 6.07) is 17.3. The van der Waals surface area contributed by atoms with Gasteiger partial charge < -0.3 is 14.6 Å². The van der Waals surface area contributed by atoms with Gasteiger partial charge in [0.25, 0.3) is 0 Å². The summed E-state index contributed by atoms with van der Waals surface area (Å²) in [4.78, 5) is 12.2. The Bertz CT molecular complexity index is 675. The number of rotatable bonds is 6. The molecule has 4 nitrogen and oxygen atoms in total. The summed E-state index contributed by atoms with van der Waals surface area (Å²) in [5.41, 5.74) is 1.85. The molecule has 0 spiro atoms. The molecule has 0 bridgehead atoms. The van der Waals surface area contributed by atoms with E-state index in [1.807, 2.05) is 54.6 Å². The molecule has 1 aliphatic carbocycles. The minimum absolute atomic E-state index is 0.0111. The van der Waals surface area contributed by atoms with E-state index in [-0.39, 0.29) is 24.6 Å². The first kappa shape index (κ1) is 17.5. The van der Waals surface area contributed by atoms with E-state index >= 15 is 0 Å². The van der Waals surface area contributed by atoms with E-state index in [9.17, 15) is 9.90 Å². The Balaban J connectivity index is 1.44. The van der Waals surface area contributed by atoms with Crippen LogP contribution >= 0.6 is 0 Å². The lowest BCUT2D eigenvalue weighted by molar-refractivity contribution is -0.151. The summed E-state index contributed by atoms with van der Waals surface area (Å²) < 4.78 is 11.4. The first-order chi connectivity index (χ1) is 12.2. The fraction of sp³-hybridized carbons (Fsp3) is 0.381. The van der Waals surface area contributed by atoms with Gasteiger partial charge in [0.1, 0.15) is 12.4 Å². The van der Waals surface area contributed by atoms with Crippen molar-refractivity contribution in [3.8, 4) is 5.75 Å². The third-order valence-corrected chi connectivity index (χ3v) is 4.62. The van der Waals surface area contributed by atoms with Crippen LogP contribution in [0.3, 0.4) is 0 Å². The molecule has 1 saturated carbocycles. The molecule has 0 unspecified atom stereocenters. The van der Waals surface area contributed by atoms with E-state index in [0.29, 0.717) is 6.61 Å². The maximum atomic E-state index is 12.2. The van der Waals surface area contributed by atoms with Crippen molar-refractivity contribution in [2.24, 2.45) is 5.92 Å². The number of ether oxygens (including phenoxy) is 2. The largest absolute Gasteiger partial charge is 0.490 e. The van der Waals surface area contributed by atoms with Crippen molar-refractivity contribution in [1.82, 2.24) is 0 Å². The highest BCUT2D eigenvalue weighted by Crippen LogP contribution is 2.29. The SMILES string of the molecule is O=C(OCc1ccccc1)C1CCC(Oc2cccc(CO)c2)CC1. The minimum Gasteiger partial charge on any atom is -0.490 e. The van der Waals surface area contributed by atoms with Gasteiger partial charge in [-0.05, 0) is 48.9 Å². The first-order valence-electron chi connectivity index (χ1n) is 8.81. The van der Waals surface area contributed by atoms with Crippen LogP contribution in [0, 0.1) is 5.92 Å². The van der Waals surface area contributed by atoms with Crippen molar-refractivity contribution < 1.29 is 19.4 Å². The van der Waals surface area contributed by atoms with Crippen LogP contribution < -0.4 is 4.74 Å². The van der Waals surface area contributed by atoms with Crippen LogP contribution in [0.1, 0.15) is 36.8 Å². The molecule has 0 amide bonds. The zero-order chi connectivity index (χ0) is 17.5. The molecule has 0 atom stereocenters. The van der Waals surface area contributed by atoms with Crippen molar-refractivity contribution in [3.63, 3.8) is 0 Å². The number of hydrogen-bond acceptors (Lipinski definition) is 4. The smallest absolute Gasteiger partial charge is 0.309 e. The molecular formula is C21H24O4. The normalized spacial score (nSPS) is 20.0. The average Bonchev–Trinajstić information content (AvgIpc) is 2.67. The monoisotopic (exact) mass is 340 g/mol. The highest BCUT2D eigenvalue weighted by molar-refractivity contribution is 5.72. The van der Waals surface area contributed by atoms with Crippen molar-refractivity contribution in [2.45, 2.75) is 45.0 Å². The molecule has 25 heavy (non-hydrogen) atoms. The van der Waals surface area contributed by atoms with Crippen molar-refractivity contribution in [1.29, 1.82) is 0 Å². The molecule has 0 heterocycles. The fourth-order valence-corrected chi connectivity index (χ4v) is 3.17. The van der Waals surface area contributed by atoms with E-state index < -0.39 is 0 Å². The Kier molecular flexibility index (Phi) is 6.07. The maximum absolute atomic E-state index is 12.2. The van der Waals surface area contributed by atoms with Crippen LogP contribution in [0.15, 0.2) is 54.6 Å². The van der Waals surface area contributed by atoms with Gasteiger partial charge in [0.2, 0.25) is 0 Å². The van der Waals surface area contributed by atoms with Crippen LogP contribution in [0.25, 0.3) is 0 Å². The highest BCUT2D eigenvalue weighted by atomic mass is 16.5. The van der Waals surface area contributed by atoms with E-state index in [1.165, 1.54) is 0 Å². The molecule has 0 saturated heterocycles. The molecule has 2 aromatic rings. The molecule has 1 fully saturated rings. The average molecular weight is 340 g/mol. The maximum Gasteiger partial charge on any atom is 0.309 e. The van der Waals surface area contributed by atoms with E-state index in [2.05, 4.69) is 0 Å². The lowest BCUT2D eigenvalue weighted by Gasteiger charge is -2.28. The molecule has 1 N–H and O–H groups in total. The summed E-state index contributed by atoms with van der Waals surface area (Å²) in [7, 11) is 0. The molecule has 1 aliphatic rings. The second kappa shape index (κ2) is 8.67. The molecule has 0 aliphatic heterocycles. The number of carbonyl (C=O) groups is 1. The fourth-order valence-electron chi connectivity index (χ4n) is 3.17. The highest BCUT2D eigenvalue weighted by Gasteiger charge is 2.28. The van der Waals surface area contributed by atoms with Crippen LogP contribution in [0.2, 0.25) is 0 Å². The third-order valence-electron chi connectivity index (χ3n) is 4.62.